The van der Waals surface area contributed by atoms with Crippen molar-refractivity contribution in [2.45, 2.75) is 34.8 Å². The van der Waals surface area contributed by atoms with Gasteiger partial charge in [-0.05, 0) is 67.1 Å². The normalized spacial score (nSPS) is 14.8. The van der Waals surface area contributed by atoms with Gasteiger partial charge in [0, 0.05) is 30.8 Å². The van der Waals surface area contributed by atoms with Crippen LogP contribution in [-0.2, 0) is 32.2 Å². The molecule has 1 amide bonds. The van der Waals surface area contributed by atoms with Gasteiger partial charge in [0.25, 0.3) is 0 Å². The second-order valence-electron chi connectivity index (χ2n) is 11.9. The van der Waals surface area contributed by atoms with E-state index < -0.39 is 27.0 Å². The van der Waals surface area contributed by atoms with Crippen molar-refractivity contribution in [2.24, 2.45) is 0 Å². The van der Waals surface area contributed by atoms with Crippen molar-refractivity contribution in [2.75, 3.05) is 31.6 Å². The number of alkyl halides is 3. The molecule has 16 heteroatoms. The minimum atomic E-state index is -4.62. The lowest BCUT2D eigenvalue weighted by Gasteiger charge is -2.26. The van der Waals surface area contributed by atoms with E-state index in [1.807, 2.05) is 36.4 Å². The topological polar surface area (TPSA) is 119 Å². The van der Waals surface area contributed by atoms with E-state index in [4.69, 9.17) is 4.74 Å². The number of morpholine rings is 1. The molecule has 3 heterocycles. The maximum absolute atomic E-state index is 13.8. The zero-order valence-corrected chi connectivity index (χ0v) is 30.0. The standard InChI is InChI=1S/C36H31F3N6O4S3/c1-23(34(46)40-27-14-12-24(13-15-27)20-32-41-30-10-2-3-11-31(30)51-32)50-35-43-42-33(45(35)28-8-5-7-26(22-28)36(37,38)39)25-6-4-9-29(21-25)52(47,48)44-16-18-49-19-17-44/h2-15,21-23H,16-20H2,1H3,(H,40,46). The number of benzene rings is 4. The number of anilines is 1. The van der Waals surface area contributed by atoms with Gasteiger partial charge in [-0.3, -0.25) is 9.36 Å². The summed E-state index contributed by atoms with van der Waals surface area (Å²) < 4.78 is 77.5. The first-order valence-corrected chi connectivity index (χ1v) is 19.3. The van der Waals surface area contributed by atoms with Crippen LogP contribution >= 0.6 is 23.1 Å². The third-order valence-electron chi connectivity index (χ3n) is 8.33. The molecular formula is C36H31F3N6O4S3. The second kappa shape index (κ2) is 14.8. The SMILES string of the molecule is CC(Sc1nnc(-c2cccc(S(=O)(=O)N3CCOCC3)c2)n1-c1cccc(C(F)(F)F)c1)C(=O)Nc1ccc(Cc2nc3ccccc3s2)cc1. The Bertz CT molecular complexity index is 2310. The van der Waals surface area contributed by atoms with Gasteiger partial charge < -0.3 is 10.1 Å². The number of carbonyl (C=O) groups is 1. The number of halogens is 3. The van der Waals surface area contributed by atoms with Crippen molar-refractivity contribution in [3.8, 4) is 17.1 Å². The lowest BCUT2D eigenvalue weighted by atomic mass is 10.1. The lowest BCUT2D eigenvalue weighted by Crippen LogP contribution is -2.40. The van der Waals surface area contributed by atoms with E-state index in [2.05, 4.69) is 20.5 Å². The Balaban J connectivity index is 1.13. The lowest BCUT2D eigenvalue weighted by molar-refractivity contribution is -0.137. The molecule has 0 aliphatic carbocycles. The number of nitrogens with one attached hydrogen (secondary N) is 1. The number of para-hydroxylation sites is 1. The minimum absolute atomic E-state index is 0.00135. The molecule has 7 rings (SSSR count). The Labute approximate surface area is 305 Å². The number of nitrogens with zero attached hydrogens (tertiary/aromatic N) is 5. The van der Waals surface area contributed by atoms with Gasteiger partial charge in [0.2, 0.25) is 15.9 Å². The van der Waals surface area contributed by atoms with E-state index in [0.29, 0.717) is 17.7 Å². The Morgan fingerprint density at radius 1 is 0.962 bits per heavy atom. The monoisotopic (exact) mass is 764 g/mol. The van der Waals surface area contributed by atoms with Gasteiger partial charge in [-0.2, -0.15) is 17.5 Å². The van der Waals surface area contributed by atoms with Crippen LogP contribution in [0.3, 0.4) is 0 Å². The van der Waals surface area contributed by atoms with Gasteiger partial charge in [-0.1, -0.05) is 54.2 Å². The van der Waals surface area contributed by atoms with Gasteiger partial charge in [0.05, 0.1) is 49.8 Å². The number of thiazole rings is 1. The summed E-state index contributed by atoms with van der Waals surface area (Å²) in [7, 11) is -3.89. The summed E-state index contributed by atoms with van der Waals surface area (Å²) in [5, 5.41) is 11.8. The average molecular weight is 765 g/mol. The van der Waals surface area contributed by atoms with E-state index in [1.165, 1.54) is 33.1 Å². The van der Waals surface area contributed by atoms with Crippen LogP contribution in [0.25, 0.3) is 27.3 Å². The third kappa shape index (κ3) is 7.76. The molecule has 1 saturated heterocycles. The summed E-state index contributed by atoms with van der Waals surface area (Å²) in [6, 6.07) is 26.1. The predicted molar refractivity (Wildman–Crippen MR) is 194 cm³/mol. The minimum Gasteiger partial charge on any atom is -0.379 e. The van der Waals surface area contributed by atoms with Crippen LogP contribution in [0.5, 0.6) is 0 Å². The second-order valence-corrected chi connectivity index (χ2v) is 16.3. The number of amides is 1. The van der Waals surface area contributed by atoms with E-state index in [-0.39, 0.29) is 53.8 Å². The number of ether oxygens (including phenoxy) is 1. The molecule has 2 aromatic heterocycles. The van der Waals surface area contributed by atoms with Gasteiger partial charge in [0.1, 0.15) is 0 Å². The summed E-state index contributed by atoms with van der Waals surface area (Å²) in [6.45, 7) is 2.59. The Morgan fingerprint density at radius 3 is 2.46 bits per heavy atom. The van der Waals surface area contributed by atoms with Crippen LogP contribution in [0.1, 0.15) is 23.1 Å². The fourth-order valence-corrected chi connectivity index (χ4v) is 8.97. The molecule has 1 fully saturated rings. The van der Waals surface area contributed by atoms with Gasteiger partial charge in [-0.15, -0.1) is 21.5 Å². The van der Waals surface area contributed by atoms with Crippen molar-refractivity contribution in [3.05, 3.63) is 113 Å². The highest BCUT2D eigenvalue weighted by atomic mass is 32.2. The number of hydrogen-bond donors (Lipinski definition) is 1. The number of rotatable bonds is 10. The van der Waals surface area contributed by atoms with Gasteiger partial charge in [-0.25, -0.2) is 13.4 Å². The summed E-state index contributed by atoms with van der Waals surface area (Å²) in [5.74, 6) is -0.250. The van der Waals surface area contributed by atoms with Gasteiger partial charge in [0.15, 0.2) is 11.0 Å². The molecule has 0 radical (unpaired) electrons. The molecule has 1 aliphatic rings. The van der Waals surface area contributed by atoms with E-state index in [0.717, 1.165) is 44.7 Å². The summed E-state index contributed by atoms with van der Waals surface area (Å²) in [5.41, 5.74) is 2.08. The number of thioether (sulfide) groups is 1. The Morgan fingerprint density at radius 2 is 1.71 bits per heavy atom. The van der Waals surface area contributed by atoms with Crippen LogP contribution < -0.4 is 5.32 Å². The van der Waals surface area contributed by atoms with E-state index in [9.17, 15) is 26.4 Å². The van der Waals surface area contributed by atoms with E-state index >= 15 is 0 Å². The maximum Gasteiger partial charge on any atom is 0.416 e. The molecule has 6 aromatic rings. The maximum atomic E-state index is 13.8. The molecule has 1 aliphatic heterocycles. The number of sulfonamides is 1. The number of fused-ring (bicyclic) bond motifs is 1. The first-order chi connectivity index (χ1) is 25.0. The van der Waals surface area contributed by atoms with Crippen molar-refractivity contribution in [1.29, 1.82) is 0 Å². The fraction of sp³-hybridized carbons (Fsp3) is 0.222. The van der Waals surface area contributed by atoms with Crippen LogP contribution in [0, 0.1) is 0 Å². The first kappa shape index (κ1) is 35.8. The highest BCUT2D eigenvalue weighted by Crippen LogP contribution is 2.35. The van der Waals surface area contributed by atoms with Crippen molar-refractivity contribution < 1.29 is 31.1 Å². The Kier molecular flexibility index (Phi) is 10.2. The molecule has 1 unspecified atom stereocenters. The van der Waals surface area contributed by atoms with Crippen molar-refractivity contribution in [1.82, 2.24) is 24.1 Å². The van der Waals surface area contributed by atoms with Crippen molar-refractivity contribution >= 4 is 54.9 Å². The summed E-state index contributed by atoms with van der Waals surface area (Å²) >= 11 is 2.65. The smallest absolute Gasteiger partial charge is 0.379 e. The summed E-state index contributed by atoms with van der Waals surface area (Å²) in [4.78, 5) is 18.1. The molecule has 10 nitrogen and oxygen atoms in total. The molecular weight excluding hydrogens is 734 g/mol. The number of hydrogen-bond acceptors (Lipinski definition) is 9. The third-order valence-corrected chi connectivity index (χ3v) is 12.3. The first-order valence-electron chi connectivity index (χ1n) is 16.2. The van der Waals surface area contributed by atoms with E-state index in [1.54, 1.807) is 42.5 Å². The van der Waals surface area contributed by atoms with Crippen LogP contribution in [-0.4, -0.2) is 69.9 Å². The zero-order chi connectivity index (χ0) is 36.5. The highest BCUT2D eigenvalue weighted by molar-refractivity contribution is 8.00. The molecule has 0 spiro atoms. The fourth-order valence-electron chi connectivity index (χ4n) is 5.65. The van der Waals surface area contributed by atoms with Gasteiger partial charge >= 0.3 is 6.18 Å². The van der Waals surface area contributed by atoms with Crippen LogP contribution in [0.2, 0.25) is 0 Å². The quantitative estimate of drug-likeness (QED) is 0.145. The molecule has 0 saturated carbocycles. The Hall–Kier alpha value is -4.61. The predicted octanol–water partition coefficient (Wildman–Crippen LogP) is 7.29. The average Bonchev–Trinajstić information content (AvgIpc) is 3.76. The van der Waals surface area contributed by atoms with Crippen LogP contribution in [0.4, 0.5) is 18.9 Å². The molecule has 1 atom stereocenters. The van der Waals surface area contributed by atoms with Crippen LogP contribution in [0.15, 0.2) is 107 Å². The summed E-state index contributed by atoms with van der Waals surface area (Å²) in [6.07, 6.45) is -3.98. The largest absolute Gasteiger partial charge is 0.416 e. The van der Waals surface area contributed by atoms with Crippen molar-refractivity contribution in [3.63, 3.8) is 0 Å². The molecule has 1 N–H and O–H groups in total. The zero-order valence-electron chi connectivity index (χ0n) is 27.6. The molecule has 268 valence electrons. The molecule has 0 bridgehead atoms. The molecule has 52 heavy (non-hydrogen) atoms. The number of carbonyl (C=O) groups excluding carboxylic acids is 1. The highest BCUT2D eigenvalue weighted by Gasteiger charge is 2.32. The molecule has 4 aromatic carbocycles. The number of aromatic nitrogens is 4.